The van der Waals surface area contributed by atoms with Gasteiger partial charge in [0.1, 0.15) is 5.69 Å². The maximum Gasteiger partial charge on any atom is 0.360 e. The molecule has 2 aromatic heterocycles. The van der Waals surface area contributed by atoms with Crippen molar-refractivity contribution in [1.29, 1.82) is 0 Å². The van der Waals surface area contributed by atoms with E-state index in [0.717, 1.165) is 4.68 Å². The zero-order valence-corrected chi connectivity index (χ0v) is 13.9. The van der Waals surface area contributed by atoms with Crippen LogP contribution in [0.3, 0.4) is 0 Å². The first-order valence-electron chi connectivity index (χ1n) is 7.45. The van der Waals surface area contributed by atoms with E-state index in [9.17, 15) is 14.4 Å². The molecule has 0 aliphatic carbocycles. The standard InChI is InChI=1S/C16H14N6O4/c1-21-14(23)8-7-11(19-21)15(24)17-10-5-3-4-6-13(10)22-9-12(18-20-22)16(25)26-2/h3-9H,1-2H3,(H,17,24). The molecular weight excluding hydrogens is 340 g/mol. The van der Waals surface area contributed by atoms with Crippen molar-refractivity contribution >= 4 is 17.6 Å². The van der Waals surface area contributed by atoms with Gasteiger partial charge in [0.2, 0.25) is 0 Å². The predicted molar refractivity (Wildman–Crippen MR) is 90.1 cm³/mol. The number of hydrogen-bond donors (Lipinski definition) is 1. The van der Waals surface area contributed by atoms with Crippen LogP contribution in [0.5, 0.6) is 0 Å². The molecule has 1 N–H and O–H groups in total. The quantitative estimate of drug-likeness (QED) is 0.673. The minimum Gasteiger partial charge on any atom is -0.464 e. The molecule has 2 heterocycles. The number of amides is 1. The van der Waals surface area contributed by atoms with Crippen LogP contribution in [0, 0.1) is 0 Å². The molecule has 0 saturated heterocycles. The van der Waals surface area contributed by atoms with Gasteiger partial charge in [0.05, 0.1) is 24.7 Å². The molecular formula is C16H14N6O4. The Balaban J connectivity index is 1.91. The van der Waals surface area contributed by atoms with Crippen LogP contribution in [0.4, 0.5) is 5.69 Å². The van der Waals surface area contributed by atoms with Gasteiger partial charge < -0.3 is 10.1 Å². The number of anilines is 1. The van der Waals surface area contributed by atoms with E-state index in [1.165, 1.54) is 37.2 Å². The molecule has 3 aromatic rings. The van der Waals surface area contributed by atoms with Crippen LogP contribution < -0.4 is 10.9 Å². The van der Waals surface area contributed by atoms with Gasteiger partial charge >= 0.3 is 5.97 Å². The monoisotopic (exact) mass is 354 g/mol. The maximum atomic E-state index is 12.4. The second-order valence-electron chi connectivity index (χ2n) is 5.19. The Morgan fingerprint density at radius 2 is 1.88 bits per heavy atom. The first-order chi connectivity index (χ1) is 12.5. The summed E-state index contributed by atoms with van der Waals surface area (Å²) in [5.41, 5.74) is 0.715. The summed E-state index contributed by atoms with van der Waals surface area (Å²) in [5, 5.41) is 14.2. The highest BCUT2D eigenvalue weighted by Crippen LogP contribution is 2.20. The van der Waals surface area contributed by atoms with Gasteiger partial charge in [0.15, 0.2) is 5.69 Å². The minimum atomic E-state index is -0.618. The molecule has 26 heavy (non-hydrogen) atoms. The topological polar surface area (TPSA) is 121 Å². The van der Waals surface area contributed by atoms with Crippen LogP contribution >= 0.6 is 0 Å². The largest absolute Gasteiger partial charge is 0.464 e. The maximum absolute atomic E-state index is 12.4. The fraction of sp³-hybridized carbons (Fsp3) is 0.125. The number of methoxy groups -OCH3 is 1. The first-order valence-corrected chi connectivity index (χ1v) is 7.45. The van der Waals surface area contributed by atoms with E-state index in [0.29, 0.717) is 11.4 Å². The molecule has 0 unspecified atom stereocenters. The number of esters is 1. The number of para-hydroxylation sites is 2. The van der Waals surface area contributed by atoms with E-state index in [4.69, 9.17) is 0 Å². The Kier molecular flexibility index (Phi) is 4.56. The molecule has 10 nitrogen and oxygen atoms in total. The Morgan fingerprint density at radius 1 is 1.12 bits per heavy atom. The van der Waals surface area contributed by atoms with E-state index >= 15 is 0 Å². The minimum absolute atomic E-state index is 0.0355. The summed E-state index contributed by atoms with van der Waals surface area (Å²) >= 11 is 0. The smallest absolute Gasteiger partial charge is 0.360 e. The van der Waals surface area contributed by atoms with Crippen molar-refractivity contribution < 1.29 is 14.3 Å². The van der Waals surface area contributed by atoms with E-state index in [-0.39, 0.29) is 16.9 Å². The van der Waals surface area contributed by atoms with E-state index in [2.05, 4.69) is 25.5 Å². The Hall–Kier alpha value is -3.82. The summed E-state index contributed by atoms with van der Waals surface area (Å²) in [6.07, 6.45) is 1.39. The number of ether oxygens (including phenoxy) is 1. The van der Waals surface area contributed by atoms with Crippen molar-refractivity contribution in [3.05, 3.63) is 64.3 Å². The van der Waals surface area contributed by atoms with Crippen molar-refractivity contribution in [3.8, 4) is 5.69 Å². The van der Waals surface area contributed by atoms with Gasteiger partial charge in [-0.05, 0) is 18.2 Å². The van der Waals surface area contributed by atoms with Crippen molar-refractivity contribution in [2.75, 3.05) is 12.4 Å². The van der Waals surface area contributed by atoms with Crippen LogP contribution in [0.2, 0.25) is 0 Å². The number of carbonyl (C=O) groups excluding carboxylic acids is 2. The zero-order valence-electron chi connectivity index (χ0n) is 13.9. The summed E-state index contributed by atoms with van der Waals surface area (Å²) in [6.45, 7) is 0. The van der Waals surface area contributed by atoms with Gasteiger partial charge in [0, 0.05) is 13.1 Å². The first kappa shape index (κ1) is 17.0. The average molecular weight is 354 g/mol. The predicted octanol–water partition coefficient (Wildman–Crippen LogP) is 0.400. The van der Waals surface area contributed by atoms with Gasteiger partial charge in [-0.25, -0.2) is 14.2 Å². The van der Waals surface area contributed by atoms with Gasteiger partial charge in [-0.15, -0.1) is 5.10 Å². The van der Waals surface area contributed by atoms with E-state index in [1.807, 2.05) is 0 Å². The molecule has 0 aliphatic rings. The zero-order chi connectivity index (χ0) is 18.7. The third kappa shape index (κ3) is 3.34. The molecule has 0 saturated carbocycles. The Labute approximate surface area is 147 Å². The lowest BCUT2D eigenvalue weighted by atomic mass is 10.2. The van der Waals surface area contributed by atoms with Crippen LogP contribution in [0.15, 0.2) is 47.4 Å². The number of nitrogens with zero attached hydrogens (tertiary/aromatic N) is 5. The highest BCUT2D eigenvalue weighted by atomic mass is 16.5. The summed E-state index contributed by atoms with van der Waals surface area (Å²) in [5.74, 6) is -1.12. The van der Waals surface area contributed by atoms with Gasteiger partial charge in [0.25, 0.3) is 11.5 Å². The lowest BCUT2D eigenvalue weighted by molar-refractivity contribution is 0.0593. The van der Waals surface area contributed by atoms with Gasteiger partial charge in [-0.2, -0.15) is 5.10 Å². The number of aryl methyl sites for hydroxylation is 1. The molecule has 132 valence electrons. The second kappa shape index (κ2) is 6.97. The highest BCUT2D eigenvalue weighted by molar-refractivity contribution is 6.03. The molecule has 1 amide bonds. The highest BCUT2D eigenvalue weighted by Gasteiger charge is 2.15. The molecule has 0 atom stereocenters. The van der Waals surface area contributed by atoms with Crippen LogP contribution in [-0.2, 0) is 11.8 Å². The molecule has 3 rings (SSSR count). The van der Waals surface area contributed by atoms with Crippen molar-refractivity contribution in [2.45, 2.75) is 0 Å². The summed E-state index contributed by atoms with van der Waals surface area (Å²) < 4.78 is 7.01. The third-order valence-electron chi connectivity index (χ3n) is 3.48. The van der Waals surface area contributed by atoms with Crippen molar-refractivity contribution in [1.82, 2.24) is 24.8 Å². The number of aromatic nitrogens is 5. The molecule has 0 aliphatic heterocycles. The number of hydrogen-bond acceptors (Lipinski definition) is 7. The second-order valence-corrected chi connectivity index (χ2v) is 5.19. The molecule has 0 spiro atoms. The van der Waals surface area contributed by atoms with Crippen LogP contribution in [0.1, 0.15) is 21.0 Å². The van der Waals surface area contributed by atoms with E-state index in [1.54, 1.807) is 24.3 Å². The van der Waals surface area contributed by atoms with E-state index < -0.39 is 11.9 Å². The number of nitrogens with one attached hydrogen (secondary N) is 1. The third-order valence-corrected chi connectivity index (χ3v) is 3.48. The van der Waals surface area contributed by atoms with Gasteiger partial charge in [-0.3, -0.25) is 9.59 Å². The van der Waals surface area contributed by atoms with Crippen LogP contribution in [0.25, 0.3) is 5.69 Å². The van der Waals surface area contributed by atoms with Gasteiger partial charge in [-0.1, -0.05) is 17.3 Å². The molecule has 0 fully saturated rings. The Morgan fingerprint density at radius 3 is 2.62 bits per heavy atom. The number of rotatable bonds is 4. The van der Waals surface area contributed by atoms with Crippen LogP contribution in [-0.4, -0.2) is 43.8 Å². The van der Waals surface area contributed by atoms with Crippen molar-refractivity contribution in [3.63, 3.8) is 0 Å². The summed E-state index contributed by atoms with van der Waals surface area (Å²) in [7, 11) is 2.70. The Bertz CT molecular complexity index is 1040. The molecule has 1 aromatic carbocycles. The molecule has 10 heteroatoms. The molecule has 0 bridgehead atoms. The number of benzene rings is 1. The summed E-state index contributed by atoms with van der Waals surface area (Å²) in [4.78, 5) is 35.3. The summed E-state index contributed by atoms with van der Waals surface area (Å²) in [6, 6.07) is 9.42. The number of carbonyl (C=O) groups is 2. The van der Waals surface area contributed by atoms with Crippen molar-refractivity contribution in [2.24, 2.45) is 7.05 Å². The fourth-order valence-corrected chi connectivity index (χ4v) is 2.17. The molecule has 0 radical (unpaired) electrons. The average Bonchev–Trinajstić information content (AvgIpc) is 3.13. The fourth-order valence-electron chi connectivity index (χ4n) is 2.17. The normalized spacial score (nSPS) is 10.4. The lowest BCUT2D eigenvalue weighted by Gasteiger charge is -2.10. The lowest BCUT2D eigenvalue weighted by Crippen LogP contribution is -2.24. The SMILES string of the molecule is COC(=O)c1cn(-c2ccccc2NC(=O)c2ccc(=O)n(C)n2)nn1.